The molecule has 1 aromatic heterocycles. The zero-order valence-electron chi connectivity index (χ0n) is 16.6. The van der Waals surface area contributed by atoms with Gasteiger partial charge in [-0.1, -0.05) is 18.2 Å². The normalized spacial score (nSPS) is 24.8. The minimum atomic E-state index is -1.69. The number of aromatic nitrogens is 2. The second-order valence-corrected chi connectivity index (χ2v) is 7.94. The van der Waals surface area contributed by atoms with Crippen LogP contribution in [0.5, 0.6) is 0 Å². The van der Waals surface area contributed by atoms with Gasteiger partial charge in [0.25, 0.3) is 5.56 Å². The molecule has 0 saturated carbocycles. The average Bonchev–Trinajstić information content (AvgIpc) is 2.70. The molecule has 0 bridgehead atoms. The van der Waals surface area contributed by atoms with Crippen molar-refractivity contribution >= 4 is 12.2 Å². The van der Waals surface area contributed by atoms with Gasteiger partial charge in [0, 0.05) is 38.6 Å². The molecule has 2 aromatic rings. The number of rotatable bonds is 3. The first-order valence-electron chi connectivity index (χ1n) is 9.83. The molecular weight excluding hydrogens is 374 g/mol. The van der Waals surface area contributed by atoms with E-state index < -0.39 is 11.6 Å². The highest BCUT2D eigenvalue weighted by Crippen LogP contribution is 2.34. The first-order valence-corrected chi connectivity index (χ1v) is 9.83. The van der Waals surface area contributed by atoms with E-state index in [-0.39, 0.29) is 11.4 Å². The van der Waals surface area contributed by atoms with Crippen LogP contribution in [0.4, 0.5) is 14.7 Å². The maximum absolute atomic E-state index is 14.9. The minimum Gasteiger partial charge on any atom is -0.342 e. The number of halogens is 2. The second-order valence-electron chi connectivity index (χ2n) is 7.94. The zero-order valence-corrected chi connectivity index (χ0v) is 16.6. The van der Waals surface area contributed by atoms with Gasteiger partial charge in [0.1, 0.15) is 5.82 Å². The molecule has 5 nitrogen and oxygen atoms in total. The molecule has 2 atom stereocenters. The van der Waals surface area contributed by atoms with Crippen molar-refractivity contribution in [3.8, 4) is 0 Å². The van der Waals surface area contributed by atoms with E-state index in [2.05, 4.69) is 14.9 Å². The first kappa shape index (κ1) is 19.5. The molecule has 7 heteroatoms. The summed E-state index contributed by atoms with van der Waals surface area (Å²) in [5.41, 5.74) is -0.365. The van der Waals surface area contributed by atoms with E-state index in [9.17, 15) is 13.6 Å². The van der Waals surface area contributed by atoms with Crippen molar-refractivity contribution in [3.05, 3.63) is 70.0 Å². The molecule has 0 N–H and O–H groups in total. The number of anilines is 1. The summed E-state index contributed by atoms with van der Waals surface area (Å²) >= 11 is 0. The fraction of sp³-hybridized carbons (Fsp3) is 0.409. The van der Waals surface area contributed by atoms with E-state index in [1.807, 2.05) is 12.1 Å². The van der Waals surface area contributed by atoms with Crippen molar-refractivity contribution in [2.24, 2.45) is 12.0 Å². The monoisotopic (exact) mass is 398 g/mol. The van der Waals surface area contributed by atoms with E-state index in [0.717, 1.165) is 31.5 Å². The number of piperidine rings is 1. The van der Waals surface area contributed by atoms with Gasteiger partial charge in [-0.2, -0.15) is 0 Å². The van der Waals surface area contributed by atoms with Gasteiger partial charge in [-0.15, -0.1) is 0 Å². The topological polar surface area (TPSA) is 50.5 Å². The van der Waals surface area contributed by atoms with Crippen LogP contribution in [0.1, 0.15) is 42.9 Å². The highest BCUT2D eigenvalue weighted by atomic mass is 19.1. The Morgan fingerprint density at radius 2 is 1.86 bits per heavy atom. The van der Waals surface area contributed by atoms with Crippen molar-refractivity contribution in [3.63, 3.8) is 0 Å². The molecule has 0 amide bonds. The Hall–Kier alpha value is -2.83. The highest BCUT2D eigenvalue weighted by Gasteiger charge is 2.36. The average molecular weight is 398 g/mol. The van der Waals surface area contributed by atoms with Gasteiger partial charge in [0.15, 0.2) is 5.67 Å². The van der Waals surface area contributed by atoms with E-state index >= 15 is 0 Å². The summed E-state index contributed by atoms with van der Waals surface area (Å²) in [5.74, 6) is 0.0173. The lowest BCUT2D eigenvalue weighted by Gasteiger charge is -2.34. The molecule has 1 aromatic carbocycles. The zero-order chi connectivity index (χ0) is 20.6. The fourth-order valence-electron chi connectivity index (χ4n) is 4.12. The predicted molar refractivity (Wildman–Crippen MR) is 110 cm³/mol. The number of nitrogens with zero attached hydrogens (tertiary/aromatic N) is 4. The summed E-state index contributed by atoms with van der Waals surface area (Å²) in [5, 5.41) is 0. The Morgan fingerprint density at radius 3 is 2.52 bits per heavy atom. The van der Waals surface area contributed by atoms with Crippen LogP contribution in [-0.4, -0.2) is 34.5 Å². The molecule has 2 unspecified atom stereocenters. The lowest BCUT2D eigenvalue weighted by atomic mass is 9.87. The molecular formula is C22H24F2N4O. The van der Waals surface area contributed by atoms with Crippen LogP contribution in [-0.2, 0) is 7.05 Å². The molecule has 152 valence electrons. The molecule has 3 heterocycles. The first-order chi connectivity index (χ1) is 13.8. The van der Waals surface area contributed by atoms with Gasteiger partial charge in [-0.3, -0.25) is 14.4 Å². The third-order valence-corrected chi connectivity index (χ3v) is 5.87. The van der Waals surface area contributed by atoms with E-state index in [1.54, 1.807) is 19.3 Å². The van der Waals surface area contributed by atoms with Gasteiger partial charge in [0.05, 0.1) is 11.6 Å². The number of hydrogen-bond acceptors (Lipinski definition) is 4. The van der Waals surface area contributed by atoms with E-state index in [1.165, 1.54) is 35.9 Å². The van der Waals surface area contributed by atoms with Crippen molar-refractivity contribution in [1.29, 1.82) is 0 Å². The summed E-state index contributed by atoms with van der Waals surface area (Å²) < 4.78 is 29.6. The van der Waals surface area contributed by atoms with Crippen LogP contribution in [0.15, 0.2) is 52.4 Å². The molecule has 0 radical (unpaired) electrons. The lowest BCUT2D eigenvalue weighted by Crippen LogP contribution is -2.39. The quantitative estimate of drug-likeness (QED) is 0.792. The molecule has 1 fully saturated rings. The Balaban J connectivity index is 1.57. The maximum atomic E-state index is 14.9. The Kier molecular flexibility index (Phi) is 5.06. The molecule has 0 aliphatic carbocycles. The Morgan fingerprint density at radius 1 is 1.17 bits per heavy atom. The summed E-state index contributed by atoms with van der Waals surface area (Å²) in [7, 11) is 1.69. The van der Waals surface area contributed by atoms with Crippen molar-refractivity contribution in [1.82, 2.24) is 9.55 Å². The summed E-state index contributed by atoms with van der Waals surface area (Å²) in [4.78, 5) is 23.2. The van der Waals surface area contributed by atoms with Crippen LogP contribution >= 0.6 is 0 Å². The maximum Gasteiger partial charge on any atom is 0.254 e. The summed E-state index contributed by atoms with van der Waals surface area (Å²) in [6, 6.07) is 8.06. The largest absolute Gasteiger partial charge is 0.342 e. The van der Waals surface area contributed by atoms with E-state index in [0.29, 0.717) is 17.6 Å². The van der Waals surface area contributed by atoms with Gasteiger partial charge in [-0.25, -0.2) is 13.8 Å². The number of hydrogen-bond donors (Lipinski definition) is 0. The van der Waals surface area contributed by atoms with Crippen LogP contribution < -0.4 is 10.5 Å². The third kappa shape index (κ3) is 3.86. The molecule has 29 heavy (non-hydrogen) atoms. The van der Waals surface area contributed by atoms with Crippen molar-refractivity contribution in [2.75, 3.05) is 18.0 Å². The highest BCUT2D eigenvalue weighted by molar-refractivity contribution is 5.72. The van der Waals surface area contributed by atoms with E-state index in [4.69, 9.17) is 0 Å². The van der Waals surface area contributed by atoms with Crippen molar-refractivity contribution in [2.45, 2.75) is 37.3 Å². The summed E-state index contributed by atoms with van der Waals surface area (Å²) in [6.07, 6.45) is 6.20. The SMILES string of the molecule is Cn1c(N2CCC(c3ccc(F)cc3)CC2)nc(C2C=CN=CC2(C)F)cc1=O. The molecule has 2 aliphatic rings. The molecule has 4 rings (SSSR count). The van der Waals surface area contributed by atoms with Gasteiger partial charge in [0.2, 0.25) is 5.95 Å². The Bertz CT molecular complexity index is 1000. The molecule has 1 saturated heterocycles. The second kappa shape index (κ2) is 7.54. The summed E-state index contributed by atoms with van der Waals surface area (Å²) in [6.45, 7) is 2.89. The standard InChI is InChI=1S/C22H24F2N4O/c1-22(24)14-25-10-7-18(22)19-13-20(29)27(2)21(26-19)28-11-8-16(9-12-28)15-3-5-17(23)6-4-15/h3-7,10,13-14,16,18H,8-9,11-12H2,1-2H3. The lowest BCUT2D eigenvalue weighted by molar-refractivity contribution is 0.259. The van der Waals surface area contributed by atoms with Gasteiger partial charge >= 0.3 is 0 Å². The van der Waals surface area contributed by atoms with Crippen LogP contribution in [0.3, 0.4) is 0 Å². The number of allylic oxidation sites excluding steroid dienone is 1. The smallest absolute Gasteiger partial charge is 0.254 e. The van der Waals surface area contributed by atoms with Gasteiger partial charge < -0.3 is 4.90 Å². The fourth-order valence-corrected chi connectivity index (χ4v) is 4.12. The van der Waals surface area contributed by atoms with Crippen LogP contribution in [0.25, 0.3) is 0 Å². The predicted octanol–water partition coefficient (Wildman–Crippen LogP) is 3.71. The number of aliphatic imine (C=N–C) groups is 1. The van der Waals surface area contributed by atoms with Gasteiger partial charge in [-0.05, 0) is 43.4 Å². The number of alkyl halides is 1. The molecule has 0 spiro atoms. The van der Waals surface area contributed by atoms with Crippen molar-refractivity contribution < 1.29 is 8.78 Å². The Labute approximate surface area is 168 Å². The van der Waals surface area contributed by atoms with Crippen LogP contribution in [0.2, 0.25) is 0 Å². The minimum absolute atomic E-state index is 0.211. The molecule has 2 aliphatic heterocycles. The van der Waals surface area contributed by atoms with Crippen LogP contribution in [0, 0.1) is 5.82 Å². The third-order valence-electron chi connectivity index (χ3n) is 5.87. The number of benzene rings is 1.